The summed E-state index contributed by atoms with van der Waals surface area (Å²) in [6, 6.07) is 4.61. The highest BCUT2D eigenvalue weighted by Crippen LogP contribution is 2.23. The molecule has 2 aromatic rings. The summed E-state index contributed by atoms with van der Waals surface area (Å²) in [5.74, 6) is 0. The molecule has 1 aliphatic heterocycles. The van der Waals surface area contributed by atoms with E-state index in [0.717, 1.165) is 4.70 Å². The fourth-order valence-corrected chi connectivity index (χ4v) is 5.05. The van der Waals surface area contributed by atoms with Crippen LogP contribution in [0.15, 0.2) is 27.9 Å². The normalized spacial score (nSPS) is 16.3. The molecule has 1 amide bonds. The van der Waals surface area contributed by atoms with Gasteiger partial charge in [0.05, 0.1) is 21.6 Å². The van der Waals surface area contributed by atoms with Gasteiger partial charge in [0.25, 0.3) is 5.56 Å². The van der Waals surface area contributed by atoms with Crippen molar-refractivity contribution in [2.45, 2.75) is 11.8 Å². The molecule has 25 heavy (non-hydrogen) atoms. The van der Waals surface area contributed by atoms with Gasteiger partial charge in [0.2, 0.25) is 10.0 Å². The Balaban J connectivity index is 1.82. The number of aromatic nitrogens is 1. The highest BCUT2D eigenvalue weighted by Gasteiger charge is 2.31. The minimum atomic E-state index is -3.71. The van der Waals surface area contributed by atoms with Gasteiger partial charge in [-0.25, -0.2) is 13.2 Å². The first-order chi connectivity index (χ1) is 11.8. The van der Waals surface area contributed by atoms with Crippen molar-refractivity contribution in [3.05, 3.63) is 28.6 Å². The smallest absolute Gasteiger partial charge is 0.409 e. The average molecular weight is 385 g/mol. The summed E-state index contributed by atoms with van der Waals surface area (Å²) in [7, 11) is -2.06. The van der Waals surface area contributed by atoms with Crippen LogP contribution in [-0.4, -0.2) is 60.5 Å². The van der Waals surface area contributed by atoms with E-state index in [-0.39, 0.29) is 43.2 Å². The van der Waals surface area contributed by atoms with Gasteiger partial charge in [-0.15, -0.1) is 0 Å². The van der Waals surface area contributed by atoms with Gasteiger partial charge in [-0.2, -0.15) is 4.31 Å². The minimum absolute atomic E-state index is 0.0973. The van der Waals surface area contributed by atoms with Crippen LogP contribution < -0.4 is 5.56 Å². The maximum Gasteiger partial charge on any atom is 0.409 e. The van der Waals surface area contributed by atoms with Crippen molar-refractivity contribution in [3.8, 4) is 0 Å². The SMILES string of the molecule is CCOC(=O)N1CCN(S(=O)(=O)c2ccc3sn(C)c(=O)c3c2)CC1. The zero-order valence-electron chi connectivity index (χ0n) is 14.0. The van der Waals surface area contributed by atoms with Gasteiger partial charge in [0.15, 0.2) is 0 Å². The molecule has 0 bridgehead atoms. The van der Waals surface area contributed by atoms with E-state index in [9.17, 15) is 18.0 Å². The molecule has 10 heteroatoms. The summed E-state index contributed by atoms with van der Waals surface area (Å²) in [4.78, 5) is 25.4. The van der Waals surface area contributed by atoms with Crippen molar-refractivity contribution in [2.24, 2.45) is 7.05 Å². The lowest BCUT2D eigenvalue weighted by molar-refractivity contribution is 0.0934. The Morgan fingerprint density at radius 1 is 1.24 bits per heavy atom. The fraction of sp³-hybridized carbons (Fsp3) is 0.467. The highest BCUT2D eigenvalue weighted by molar-refractivity contribution is 7.89. The van der Waals surface area contributed by atoms with Crippen molar-refractivity contribution in [1.82, 2.24) is 13.2 Å². The van der Waals surface area contributed by atoms with E-state index in [1.54, 1.807) is 20.0 Å². The molecule has 1 aromatic carbocycles. The molecule has 0 saturated carbocycles. The maximum atomic E-state index is 12.8. The maximum absolute atomic E-state index is 12.8. The van der Waals surface area contributed by atoms with Crippen molar-refractivity contribution in [3.63, 3.8) is 0 Å². The quantitative estimate of drug-likeness (QED) is 0.788. The molecule has 3 rings (SSSR count). The van der Waals surface area contributed by atoms with Crippen LogP contribution in [0.25, 0.3) is 10.1 Å². The van der Waals surface area contributed by atoms with E-state index in [4.69, 9.17) is 4.74 Å². The standard InChI is InChI=1S/C15H19N3O5S2/c1-3-23-15(20)17-6-8-18(9-7-17)25(21,22)11-4-5-13-12(10-11)14(19)16(2)24-13/h4-5,10H,3,6-9H2,1-2H3. The number of hydrogen-bond donors (Lipinski definition) is 0. The molecule has 2 heterocycles. The van der Waals surface area contributed by atoms with Crippen LogP contribution >= 0.6 is 11.5 Å². The molecule has 1 saturated heterocycles. The Bertz CT molecular complexity index is 955. The van der Waals surface area contributed by atoms with Crippen molar-refractivity contribution in [1.29, 1.82) is 0 Å². The number of sulfonamides is 1. The summed E-state index contributed by atoms with van der Waals surface area (Å²) in [5, 5.41) is 0.402. The number of carbonyl (C=O) groups is 1. The number of piperazine rings is 1. The first-order valence-electron chi connectivity index (χ1n) is 7.86. The number of rotatable bonds is 3. The Labute approximate surface area is 149 Å². The Morgan fingerprint density at radius 3 is 2.56 bits per heavy atom. The van der Waals surface area contributed by atoms with Crippen LogP contribution in [-0.2, 0) is 21.8 Å². The second kappa shape index (κ2) is 6.77. The van der Waals surface area contributed by atoms with Crippen molar-refractivity contribution in [2.75, 3.05) is 32.8 Å². The van der Waals surface area contributed by atoms with Gasteiger partial charge in [-0.05, 0) is 25.1 Å². The molecular formula is C15H19N3O5S2. The summed E-state index contributed by atoms with van der Waals surface area (Å²) in [6.45, 7) is 2.96. The third-order valence-electron chi connectivity index (χ3n) is 4.11. The summed E-state index contributed by atoms with van der Waals surface area (Å²) < 4.78 is 34.2. The zero-order chi connectivity index (χ0) is 18.2. The topological polar surface area (TPSA) is 88.9 Å². The number of carbonyl (C=O) groups excluding carboxylic acids is 1. The second-order valence-electron chi connectivity index (χ2n) is 5.64. The van der Waals surface area contributed by atoms with E-state index in [2.05, 4.69) is 0 Å². The number of aryl methyl sites for hydroxylation is 1. The molecule has 8 nitrogen and oxygen atoms in total. The van der Waals surface area contributed by atoms with Crippen LogP contribution in [0.5, 0.6) is 0 Å². The van der Waals surface area contributed by atoms with Crippen LogP contribution in [0.3, 0.4) is 0 Å². The van der Waals surface area contributed by atoms with Crippen molar-refractivity contribution < 1.29 is 17.9 Å². The molecule has 1 aliphatic rings. The van der Waals surface area contributed by atoms with Gasteiger partial charge in [-0.3, -0.25) is 8.75 Å². The van der Waals surface area contributed by atoms with Gasteiger partial charge in [-0.1, -0.05) is 11.5 Å². The molecule has 0 aliphatic carbocycles. The number of hydrogen-bond acceptors (Lipinski definition) is 6. The third-order valence-corrected chi connectivity index (χ3v) is 6.99. The average Bonchev–Trinajstić information content (AvgIpc) is 2.89. The number of nitrogens with zero attached hydrogens (tertiary/aromatic N) is 3. The number of fused-ring (bicyclic) bond motifs is 1. The van der Waals surface area contributed by atoms with Gasteiger partial charge >= 0.3 is 6.09 Å². The number of amides is 1. The molecule has 0 N–H and O–H groups in total. The van der Waals surface area contributed by atoms with E-state index in [1.165, 1.54) is 36.8 Å². The molecular weight excluding hydrogens is 366 g/mol. The lowest BCUT2D eigenvalue weighted by Crippen LogP contribution is -2.50. The first-order valence-corrected chi connectivity index (χ1v) is 10.1. The molecule has 1 fully saturated rings. The van der Waals surface area contributed by atoms with Crippen molar-refractivity contribution >= 4 is 37.7 Å². The molecule has 0 radical (unpaired) electrons. The van der Waals surface area contributed by atoms with E-state index in [0.29, 0.717) is 5.39 Å². The van der Waals surface area contributed by atoms with Crippen LogP contribution in [0, 0.1) is 0 Å². The van der Waals surface area contributed by atoms with Crippen LogP contribution in [0.2, 0.25) is 0 Å². The molecule has 0 atom stereocenters. The molecule has 1 aromatic heterocycles. The molecule has 0 unspecified atom stereocenters. The van der Waals surface area contributed by atoms with Gasteiger partial charge in [0, 0.05) is 33.2 Å². The predicted molar refractivity (Wildman–Crippen MR) is 94.4 cm³/mol. The largest absolute Gasteiger partial charge is 0.450 e. The van der Waals surface area contributed by atoms with E-state index >= 15 is 0 Å². The summed E-state index contributed by atoms with van der Waals surface area (Å²) >= 11 is 1.28. The van der Waals surface area contributed by atoms with Gasteiger partial charge < -0.3 is 9.64 Å². The fourth-order valence-electron chi connectivity index (χ4n) is 2.75. The Morgan fingerprint density at radius 2 is 1.92 bits per heavy atom. The zero-order valence-corrected chi connectivity index (χ0v) is 15.6. The lowest BCUT2D eigenvalue weighted by Gasteiger charge is -2.33. The Kier molecular flexibility index (Phi) is 4.85. The molecule has 0 spiro atoms. The van der Waals surface area contributed by atoms with E-state index < -0.39 is 16.1 Å². The lowest BCUT2D eigenvalue weighted by atomic mass is 10.3. The predicted octanol–water partition coefficient (Wildman–Crippen LogP) is 1.06. The van der Waals surface area contributed by atoms with Crippen LogP contribution in [0.4, 0.5) is 4.79 Å². The second-order valence-corrected chi connectivity index (χ2v) is 8.75. The third kappa shape index (κ3) is 3.29. The Hall–Kier alpha value is -1.91. The van der Waals surface area contributed by atoms with Gasteiger partial charge in [0.1, 0.15) is 0 Å². The summed E-state index contributed by atoms with van der Waals surface area (Å²) in [5.41, 5.74) is -0.204. The first kappa shape index (κ1) is 17.9. The summed E-state index contributed by atoms with van der Waals surface area (Å²) in [6.07, 6.45) is -0.428. The monoisotopic (exact) mass is 385 g/mol. The molecule has 136 valence electrons. The minimum Gasteiger partial charge on any atom is -0.450 e. The van der Waals surface area contributed by atoms with E-state index in [1.807, 2.05) is 0 Å². The number of ether oxygens (including phenoxy) is 1. The number of benzene rings is 1. The van der Waals surface area contributed by atoms with Crippen LogP contribution in [0.1, 0.15) is 6.92 Å². The highest BCUT2D eigenvalue weighted by atomic mass is 32.2.